The molecule has 2 aliphatic rings. The smallest absolute Gasteiger partial charge is 0.328 e. The molecule has 0 radical (unpaired) electrons. The first-order valence-electron chi connectivity index (χ1n) is 12.6. The maximum atomic E-state index is 13.2. The highest BCUT2D eigenvalue weighted by molar-refractivity contribution is 6.42. The molecule has 1 atom stereocenters. The molecule has 0 aromatic heterocycles. The number of aliphatic carboxylic acids is 2. The van der Waals surface area contributed by atoms with E-state index in [2.05, 4.69) is 45.0 Å². The first kappa shape index (κ1) is 29.6. The van der Waals surface area contributed by atoms with Gasteiger partial charge in [-0.3, -0.25) is 9.69 Å². The van der Waals surface area contributed by atoms with Gasteiger partial charge in [0.05, 0.1) is 22.5 Å². The Hall–Kier alpha value is -2.91. The van der Waals surface area contributed by atoms with E-state index in [1.54, 1.807) is 6.07 Å². The van der Waals surface area contributed by atoms with Crippen LogP contribution in [0.15, 0.2) is 60.7 Å². The zero-order chi connectivity index (χ0) is 27.5. The molecular weight excluding hydrogens is 529 g/mol. The number of benzene rings is 2. The van der Waals surface area contributed by atoms with Crippen LogP contribution in [-0.4, -0.2) is 88.1 Å². The molecule has 0 bridgehead atoms. The van der Waals surface area contributed by atoms with Gasteiger partial charge in [0, 0.05) is 44.9 Å². The normalized spacial score (nSPS) is 18.3. The Bertz CT molecular complexity index is 1110. The molecule has 2 fully saturated rings. The number of halogens is 2. The minimum absolute atomic E-state index is 0.178. The number of hydrogen-bond donors (Lipinski definition) is 2. The van der Waals surface area contributed by atoms with Crippen molar-refractivity contribution < 1.29 is 24.6 Å². The van der Waals surface area contributed by atoms with E-state index in [0.29, 0.717) is 28.6 Å². The number of likely N-dealkylation sites (tertiary alicyclic amines) is 1. The summed E-state index contributed by atoms with van der Waals surface area (Å²) in [6, 6.07) is 16.3. The first-order valence-corrected chi connectivity index (χ1v) is 13.3. The van der Waals surface area contributed by atoms with E-state index in [4.69, 9.17) is 33.4 Å². The summed E-state index contributed by atoms with van der Waals surface area (Å²) in [5.41, 5.74) is 2.24. The number of hydrogen-bond acceptors (Lipinski definition) is 5. The maximum absolute atomic E-state index is 13.2. The molecule has 2 heterocycles. The second kappa shape index (κ2) is 14.9. The third-order valence-corrected chi connectivity index (χ3v) is 7.25. The van der Waals surface area contributed by atoms with E-state index in [1.807, 2.05) is 12.1 Å². The molecule has 2 aromatic carbocycles. The molecule has 0 aliphatic carbocycles. The molecule has 1 amide bonds. The van der Waals surface area contributed by atoms with E-state index in [-0.39, 0.29) is 11.9 Å². The Balaban J connectivity index is 0.000000436. The molecule has 2 saturated heterocycles. The lowest BCUT2D eigenvalue weighted by atomic mass is 10.1. The van der Waals surface area contributed by atoms with Gasteiger partial charge in [-0.05, 0) is 49.2 Å². The van der Waals surface area contributed by atoms with Crippen LogP contribution in [0.25, 0.3) is 0 Å². The summed E-state index contributed by atoms with van der Waals surface area (Å²) in [5, 5.41) is 16.6. The predicted octanol–water partition coefficient (Wildman–Crippen LogP) is 4.06. The van der Waals surface area contributed by atoms with Crippen molar-refractivity contribution in [1.82, 2.24) is 14.7 Å². The van der Waals surface area contributed by atoms with Gasteiger partial charge in [0.15, 0.2) is 0 Å². The van der Waals surface area contributed by atoms with Gasteiger partial charge in [-0.1, -0.05) is 59.6 Å². The fourth-order valence-corrected chi connectivity index (χ4v) is 5.04. The van der Waals surface area contributed by atoms with Crippen LogP contribution < -0.4 is 0 Å². The second-order valence-electron chi connectivity index (χ2n) is 9.40. The number of carboxylic acids is 2. The average molecular weight is 562 g/mol. The predicted molar refractivity (Wildman–Crippen MR) is 147 cm³/mol. The van der Waals surface area contributed by atoms with Crippen molar-refractivity contribution in [1.29, 1.82) is 0 Å². The van der Waals surface area contributed by atoms with E-state index in [0.717, 1.165) is 51.4 Å². The Kier molecular flexibility index (Phi) is 11.6. The van der Waals surface area contributed by atoms with E-state index in [9.17, 15) is 14.4 Å². The summed E-state index contributed by atoms with van der Waals surface area (Å²) in [6.45, 7) is 6.76. The number of carboxylic acid groups (broad SMARTS) is 2. The summed E-state index contributed by atoms with van der Waals surface area (Å²) in [5.74, 6) is -2.34. The van der Waals surface area contributed by atoms with Gasteiger partial charge in [0.2, 0.25) is 5.91 Å². The fraction of sp³-hybridized carbons (Fsp3) is 0.393. The second-order valence-corrected chi connectivity index (χ2v) is 10.2. The summed E-state index contributed by atoms with van der Waals surface area (Å²) in [4.78, 5) is 39.4. The summed E-state index contributed by atoms with van der Waals surface area (Å²) < 4.78 is 0. The number of amides is 1. The Labute approximate surface area is 233 Å². The molecule has 10 heteroatoms. The summed E-state index contributed by atoms with van der Waals surface area (Å²) >= 11 is 12.2. The summed E-state index contributed by atoms with van der Waals surface area (Å²) in [7, 11) is 0. The van der Waals surface area contributed by atoms with E-state index >= 15 is 0 Å². The van der Waals surface area contributed by atoms with Gasteiger partial charge in [-0.15, -0.1) is 0 Å². The molecule has 2 aromatic rings. The highest BCUT2D eigenvalue weighted by atomic mass is 35.5. The number of rotatable bonds is 8. The van der Waals surface area contributed by atoms with Crippen LogP contribution in [-0.2, 0) is 27.3 Å². The van der Waals surface area contributed by atoms with E-state index in [1.165, 1.54) is 18.4 Å². The molecule has 0 saturated carbocycles. The molecule has 0 spiro atoms. The number of carbonyl (C=O) groups excluding carboxylic acids is 1. The molecule has 38 heavy (non-hydrogen) atoms. The Morgan fingerprint density at radius 2 is 1.47 bits per heavy atom. The fourth-order valence-electron chi connectivity index (χ4n) is 4.72. The lowest BCUT2D eigenvalue weighted by Crippen LogP contribution is -2.58. The van der Waals surface area contributed by atoms with Gasteiger partial charge < -0.3 is 20.0 Å². The van der Waals surface area contributed by atoms with Gasteiger partial charge >= 0.3 is 11.9 Å². The monoisotopic (exact) mass is 561 g/mol. The quantitative estimate of drug-likeness (QED) is 0.468. The average Bonchev–Trinajstić information content (AvgIpc) is 3.39. The van der Waals surface area contributed by atoms with E-state index < -0.39 is 11.9 Å². The van der Waals surface area contributed by atoms with Crippen molar-refractivity contribution in [2.45, 2.75) is 31.8 Å². The van der Waals surface area contributed by atoms with Gasteiger partial charge in [0.1, 0.15) is 0 Å². The van der Waals surface area contributed by atoms with Crippen molar-refractivity contribution in [3.8, 4) is 0 Å². The molecular formula is C28H33Cl2N3O5. The standard InChI is InChI=1S/C24H29Cl2N3O.C4H4O4/c25-22-9-8-20(14-23(22)26)15-24(30)29-13-12-28(16-19-6-2-1-3-7-19)18-21(29)17-27-10-4-5-11-27;5-3(6)1-2-4(7)8/h1-3,6-9,14,21H,4-5,10-13,15-18H2;1-2H,(H,5,6)(H,7,8). The zero-order valence-corrected chi connectivity index (χ0v) is 22.7. The molecule has 1 unspecified atom stereocenters. The topological polar surface area (TPSA) is 101 Å². The minimum atomic E-state index is -1.26. The molecule has 2 N–H and O–H groups in total. The third-order valence-electron chi connectivity index (χ3n) is 6.51. The maximum Gasteiger partial charge on any atom is 0.328 e. The lowest BCUT2D eigenvalue weighted by Gasteiger charge is -2.43. The van der Waals surface area contributed by atoms with Gasteiger partial charge in [-0.25, -0.2) is 9.59 Å². The Morgan fingerprint density at radius 3 is 2.08 bits per heavy atom. The van der Waals surface area contributed by atoms with Crippen molar-refractivity contribution in [2.75, 3.05) is 39.3 Å². The van der Waals surface area contributed by atoms with Crippen molar-refractivity contribution in [2.24, 2.45) is 0 Å². The van der Waals surface area contributed by atoms with Crippen LogP contribution >= 0.6 is 23.2 Å². The largest absolute Gasteiger partial charge is 0.478 e. The van der Waals surface area contributed by atoms with Crippen LogP contribution in [0.1, 0.15) is 24.0 Å². The van der Waals surface area contributed by atoms with Crippen LogP contribution in [0.3, 0.4) is 0 Å². The highest BCUT2D eigenvalue weighted by Gasteiger charge is 2.32. The van der Waals surface area contributed by atoms with Crippen LogP contribution in [0, 0.1) is 0 Å². The van der Waals surface area contributed by atoms with Crippen LogP contribution in [0.2, 0.25) is 10.0 Å². The first-order chi connectivity index (χ1) is 18.2. The van der Waals surface area contributed by atoms with Crippen molar-refractivity contribution >= 4 is 41.0 Å². The third kappa shape index (κ3) is 9.76. The van der Waals surface area contributed by atoms with Crippen LogP contribution in [0.4, 0.5) is 0 Å². The highest BCUT2D eigenvalue weighted by Crippen LogP contribution is 2.24. The molecule has 8 nitrogen and oxygen atoms in total. The SMILES string of the molecule is O=C(Cc1ccc(Cl)c(Cl)c1)N1CCN(Cc2ccccc2)CC1CN1CCCC1.O=C(O)C=CC(=O)O. The zero-order valence-electron chi connectivity index (χ0n) is 21.1. The number of piperazine rings is 1. The molecule has 2 aliphatic heterocycles. The number of nitrogens with zero attached hydrogens (tertiary/aromatic N) is 3. The lowest BCUT2D eigenvalue weighted by molar-refractivity contribution is -0.136. The molecule has 204 valence electrons. The van der Waals surface area contributed by atoms with Crippen molar-refractivity contribution in [3.05, 3.63) is 81.9 Å². The summed E-state index contributed by atoms with van der Waals surface area (Å²) in [6.07, 6.45) is 4.01. The van der Waals surface area contributed by atoms with Crippen molar-refractivity contribution in [3.63, 3.8) is 0 Å². The van der Waals surface area contributed by atoms with Crippen LogP contribution in [0.5, 0.6) is 0 Å². The minimum Gasteiger partial charge on any atom is -0.478 e. The van der Waals surface area contributed by atoms with Gasteiger partial charge in [0.25, 0.3) is 0 Å². The molecule has 4 rings (SSSR count). The Morgan fingerprint density at radius 1 is 0.816 bits per heavy atom. The number of carbonyl (C=O) groups is 3. The van der Waals surface area contributed by atoms with Gasteiger partial charge in [-0.2, -0.15) is 0 Å².